The summed E-state index contributed by atoms with van der Waals surface area (Å²) in [6.07, 6.45) is 2.25. The molecule has 2 heterocycles. The van der Waals surface area contributed by atoms with Crippen LogP contribution in [0.3, 0.4) is 0 Å². The molecule has 4 nitrogen and oxygen atoms in total. The third-order valence-electron chi connectivity index (χ3n) is 4.92. The van der Waals surface area contributed by atoms with Crippen LogP contribution in [0, 0.1) is 11.6 Å². The average Bonchev–Trinajstić information content (AvgIpc) is 2.83. The van der Waals surface area contributed by atoms with Gasteiger partial charge in [0, 0.05) is 49.9 Å². The summed E-state index contributed by atoms with van der Waals surface area (Å²) < 4.78 is 33.4. The highest BCUT2D eigenvalue weighted by molar-refractivity contribution is 5.78. The molecule has 0 saturated carbocycles. The van der Waals surface area contributed by atoms with Crippen LogP contribution < -0.4 is 15.0 Å². The van der Waals surface area contributed by atoms with Gasteiger partial charge in [-0.15, -0.1) is 0 Å². The first-order valence-electron chi connectivity index (χ1n) is 8.87. The van der Waals surface area contributed by atoms with E-state index in [0.717, 1.165) is 49.6 Å². The number of nitrogens with one attached hydrogen (secondary N) is 1. The van der Waals surface area contributed by atoms with Gasteiger partial charge >= 0.3 is 0 Å². The van der Waals surface area contributed by atoms with Gasteiger partial charge in [0.15, 0.2) is 0 Å². The van der Waals surface area contributed by atoms with E-state index in [9.17, 15) is 8.78 Å². The lowest BCUT2D eigenvalue weighted by atomic mass is 10.1. The van der Waals surface area contributed by atoms with Crippen molar-refractivity contribution in [2.75, 3.05) is 24.5 Å². The number of rotatable bonds is 3. The van der Waals surface area contributed by atoms with Crippen LogP contribution in [0.5, 0.6) is 5.75 Å². The molecule has 2 aromatic carbocycles. The number of ether oxygens (including phenoxy) is 1. The second-order valence-corrected chi connectivity index (χ2v) is 6.68. The van der Waals surface area contributed by atoms with Crippen LogP contribution in [0.1, 0.15) is 25.0 Å². The van der Waals surface area contributed by atoms with Crippen LogP contribution in [0.25, 0.3) is 0 Å². The minimum atomic E-state index is -0.600. The molecule has 1 fully saturated rings. The standard InChI is InChI=1S/C20H21F2N3O/c1-13(17-10-14(21)2-4-18(17)22)26-16-3-5-19-20(11-16)25-9-8-23-12-15(25)6-7-24-19/h2-5,7,10-11,13,15,23H,6,8-9,12H2,1H3/t13-,15+/m1/s1. The molecule has 0 spiro atoms. The first kappa shape index (κ1) is 17.0. The minimum Gasteiger partial charge on any atom is -0.486 e. The maximum atomic E-state index is 14.0. The Morgan fingerprint density at radius 3 is 3.00 bits per heavy atom. The fourth-order valence-corrected chi connectivity index (χ4v) is 3.57. The van der Waals surface area contributed by atoms with E-state index >= 15 is 0 Å². The molecule has 0 bridgehead atoms. The zero-order chi connectivity index (χ0) is 18.1. The number of fused-ring (bicyclic) bond motifs is 3. The van der Waals surface area contributed by atoms with E-state index in [2.05, 4.69) is 15.2 Å². The van der Waals surface area contributed by atoms with Crippen LogP contribution in [0.2, 0.25) is 0 Å². The Balaban J connectivity index is 1.61. The number of anilines is 1. The van der Waals surface area contributed by atoms with E-state index < -0.39 is 17.7 Å². The Morgan fingerprint density at radius 2 is 2.12 bits per heavy atom. The van der Waals surface area contributed by atoms with E-state index in [0.29, 0.717) is 11.8 Å². The van der Waals surface area contributed by atoms with Crippen molar-refractivity contribution >= 4 is 17.6 Å². The SMILES string of the molecule is C[C@@H](Oc1ccc2c(c1)N1CCNC[C@@H]1CC=N2)c1cc(F)ccc1F. The normalized spacial score (nSPS) is 20.1. The van der Waals surface area contributed by atoms with Crippen molar-refractivity contribution in [3.05, 3.63) is 53.6 Å². The summed E-state index contributed by atoms with van der Waals surface area (Å²) in [6, 6.07) is 9.47. The molecule has 0 unspecified atom stereocenters. The van der Waals surface area contributed by atoms with Crippen LogP contribution >= 0.6 is 0 Å². The molecule has 2 aliphatic rings. The van der Waals surface area contributed by atoms with E-state index in [1.165, 1.54) is 6.07 Å². The summed E-state index contributed by atoms with van der Waals surface area (Å²) >= 11 is 0. The van der Waals surface area contributed by atoms with E-state index in [1.54, 1.807) is 6.92 Å². The summed E-state index contributed by atoms with van der Waals surface area (Å²) in [6.45, 7) is 4.46. The van der Waals surface area contributed by atoms with Crippen molar-refractivity contribution in [2.24, 2.45) is 4.99 Å². The molecule has 0 amide bonds. The van der Waals surface area contributed by atoms with Gasteiger partial charge < -0.3 is 15.0 Å². The number of hydrogen-bond donors (Lipinski definition) is 1. The van der Waals surface area contributed by atoms with Crippen LogP contribution in [0.4, 0.5) is 20.2 Å². The molecule has 0 aliphatic carbocycles. The van der Waals surface area contributed by atoms with Gasteiger partial charge in [-0.25, -0.2) is 8.78 Å². The molecular formula is C20H21F2N3O. The lowest BCUT2D eigenvalue weighted by Gasteiger charge is -2.37. The summed E-state index contributed by atoms with van der Waals surface area (Å²) in [5.74, 6) is -0.327. The molecule has 2 aromatic rings. The van der Waals surface area contributed by atoms with Crippen molar-refractivity contribution in [1.82, 2.24) is 5.32 Å². The summed E-state index contributed by atoms with van der Waals surface area (Å²) in [5.41, 5.74) is 2.14. The first-order valence-corrected chi connectivity index (χ1v) is 8.87. The van der Waals surface area contributed by atoms with Crippen molar-refractivity contribution < 1.29 is 13.5 Å². The number of hydrogen-bond acceptors (Lipinski definition) is 4. The molecule has 136 valence electrons. The zero-order valence-electron chi connectivity index (χ0n) is 14.6. The van der Waals surface area contributed by atoms with Crippen molar-refractivity contribution in [3.8, 4) is 5.75 Å². The van der Waals surface area contributed by atoms with Crippen LogP contribution in [0.15, 0.2) is 41.4 Å². The summed E-state index contributed by atoms with van der Waals surface area (Å²) in [5, 5.41) is 3.41. The molecule has 1 saturated heterocycles. The van der Waals surface area contributed by atoms with Gasteiger partial charge in [0.1, 0.15) is 23.5 Å². The van der Waals surface area contributed by atoms with Gasteiger partial charge in [0.25, 0.3) is 0 Å². The smallest absolute Gasteiger partial charge is 0.130 e. The number of aliphatic imine (C=N–C) groups is 1. The Kier molecular flexibility index (Phi) is 4.59. The second-order valence-electron chi connectivity index (χ2n) is 6.68. The lowest BCUT2D eigenvalue weighted by molar-refractivity contribution is 0.221. The monoisotopic (exact) mass is 357 g/mol. The molecule has 1 N–H and O–H groups in total. The fourth-order valence-electron chi connectivity index (χ4n) is 3.57. The number of piperazine rings is 1. The van der Waals surface area contributed by atoms with E-state index in [4.69, 9.17) is 4.74 Å². The van der Waals surface area contributed by atoms with Gasteiger partial charge in [-0.2, -0.15) is 0 Å². The molecule has 2 aliphatic heterocycles. The van der Waals surface area contributed by atoms with E-state index in [1.807, 2.05) is 24.4 Å². The van der Waals surface area contributed by atoms with Gasteiger partial charge in [0.05, 0.1) is 11.4 Å². The van der Waals surface area contributed by atoms with Gasteiger partial charge in [-0.05, 0) is 37.3 Å². The molecule has 0 aromatic heterocycles. The minimum absolute atomic E-state index is 0.206. The number of halogens is 2. The predicted octanol–water partition coefficient (Wildman–Crippen LogP) is 3.99. The average molecular weight is 357 g/mol. The van der Waals surface area contributed by atoms with Gasteiger partial charge in [-0.1, -0.05) is 0 Å². The van der Waals surface area contributed by atoms with Crippen molar-refractivity contribution in [3.63, 3.8) is 0 Å². The molecular weight excluding hydrogens is 336 g/mol. The third-order valence-corrected chi connectivity index (χ3v) is 4.92. The van der Waals surface area contributed by atoms with Gasteiger partial charge in [-0.3, -0.25) is 4.99 Å². The zero-order valence-corrected chi connectivity index (χ0v) is 14.6. The highest BCUT2D eigenvalue weighted by Crippen LogP contribution is 2.37. The largest absolute Gasteiger partial charge is 0.486 e. The quantitative estimate of drug-likeness (QED) is 0.902. The molecule has 26 heavy (non-hydrogen) atoms. The summed E-state index contributed by atoms with van der Waals surface area (Å²) in [4.78, 5) is 6.90. The van der Waals surface area contributed by atoms with E-state index in [-0.39, 0.29) is 5.56 Å². The maximum Gasteiger partial charge on any atom is 0.130 e. The third kappa shape index (κ3) is 3.29. The Hall–Kier alpha value is -2.47. The predicted molar refractivity (Wildman–Crippen MR) is 98.6 cm³/mol. The van der Waals surface area contributed by atoms with Crippen molar-refractivity contribution in [1.29, 1.82) is 0 Å². The molecule has 2 atom stereocenters. The fraction of sp³-hybridized carbons (Fsp3) is 0.350. The first-order chi connectivity index (χ1) is 12.6. The molecule has 0 radical (unpaired) electrons. The topological polar surface area (TPSA) is 36.9 Å². The lowest BCUT2D eigenvalue weighted by Crippen LogP contribution is -2.51. The highest BCUT2D eigenvalue weighted by atomic mass is 19.1. The summed E-state index contributed by atoms with van der Waals surface area (Å²) in [7, 11) is 0. The highest BCUT2D eigenvalue weighted by Gasteiger charge is 2.26. The Morgan fingerprint density at radius 1 is 1.23 bits per heavy atom. The van der Waals surface area contributed by atoms with Crippen molar-refractivity contribution in [2.45, 2.75) is 25.5 Å². The Labute approximate surface area is 151 Å². The second kappa shape index (κ2) is 7.03. The van der Waals surface area contributed by atoms with Gasteiger partial charge in [0.2, 0.25) is 0 Å². The number of nitrogens with zero attached hydrogens (tertiary/aromatic N) is 2. The molecule has 4 rings (SSSR count). The maximum absolute atomic E-state index is 14.0. The molecule has 6 heteroatoms. The van der Waals surface area contributed by atoms with Crippen LogP contribution in [-0.2, 0) is 0 Å². The Bertz CT molecular complexity index is 840. The number of benzene rings is 2. The van der Waals surface area contributed by atoms with Crippen LogP contribution in [-0.4, -0.2) is 31.9 Å².